The molecule has 1 rings (SSSR count). The van der Waals surface area contributed by atoms with Gasteiger partial charge in [0.15, 0.2) is 0 Å². The second kappa shape index (κ2) is 6.48. The van der Waals surface area contributed by atoms with E-state index >= 15 is 0 Å². The number of rotatable bonds is 7. The maximum atomic E-state index is 3.53. The van der Waals surface area contributed by atoms with E-state index in [1.807, 2.05) is 6.20 Å². The predicted molar refractivity (Wildman–Crippen MR) is 74.9 cm³/mol. The summed E-state index contributed by atoms with van der Waals surface area (Å²) in [6.45, 7) is 6.93. The van der Waals surface area contributed by atoms with Crippen LogP contribution in [0.4, 0.5) is 0 Å². The molecule has 0 aliphatic rings. The van der Waals surface area contributed by atoms with E-state index in [1.165, 1.54) is 48.7 Å². The van der Waals surface area contributed by atoms with Crippen LogP contribution < -0.4 is 0 Å². The van der Waals surface area contributed by atoms with Crippen LogP contribution in [0.25, 0.3) is 0 Å². The lowest BCUT2D eigenvalue weighted by molar-refractivity contribution is 0.370. The maximum absolute atomic E-state index is 3.53. The zero-order valence-electron chi connectivity index (χ0n) is 10.8. The molecule has 92 valence electrons. The fourth-order valence-electron chi connectivity index (χ4n) is 2.43. The summed E-state index contributed by atoms with van der Waals surface area (Å²) in [6.07, 6.45) is 9.84. The van der Waals surface area contributed by atoms with Gasteiger partial charge in [0.2, 0.25) is 0 Å². The molecule has 0 bridgehead atoms. The molecule has 1 unspecified atom stereocenters. The average molecular weight is 286 g/mol. The molecule has 1 nitrogen and oxygen atoms in total. The third kappa shape index (κ3) is 3.65. The minimum Gasteiger partial charge on any atom is -0.363 e. The number of hydrogen-bond donors (Lipinski definition) is 1. The summed E-state index contributed by atoms with van der Waals surface area (Å²) in [5, 5.41) is 0. The number of halogens is 1. The standard InChI is InChI=1S/C14H24BrN/c1-4-6-7-9-14(3,8-5-2)13-10-12(15)11-16-13/h10-11,16H,4-9H2,1-3H3. The Hall–Kier alpha value is -0.240. The molecule has 0 aliphatic heterocycles. The van der Waals surface area contributed by atoms with Gasteiger partial charge >= 0.3 is 0 Å². The van der Waals surface area contributed by atoms with Gasteiger partial charge in [-0.25, -0.2) is 0 Å². The lowest BCUT2D eigenvalue weighted by atomic mass is 9.78. The van der Waals surface area contributed by atoms with Gasteiger partial charge in [-0.2, -0.15) is 0 Å². The highest BCUT2D eigenvalue weighted by Crippen LogP contribution is 2.34. The Bertz CT molecular complexity index is 305. The van der Waals surface area contributed by atoms with Gasteiger partial charge in [0.25, 0.3) is 0 Å². The number of aromatic nitrogens is 1. The normalized spacial score (nSPS) is 15.0. The maximum Gasteiger partial charge on any atom is 0.0352 e. The van der Waals surface area contributed by atoms with Crippen molar-refractivity contribution in [1.82, 2.24) is 4.98 Å². The van der Waals surface area contributed by atoms with Crippen LogP contribution >= 0.6 is 15.9 Å². The van der Waals surface area contributed by atoms with Crippen molar-refractivity contribution in [1.29, 1.82) is 0 Å². The molecule has 1 heterocycles. The van der Waals surface area contributed by atoms with Gasteiger partial charge in [-0.1, -0.05) is 46.5 Å². The van der Waals surface area contributed by atoms with Crippen LogP contribution in [0, 0.1) is 0 Å². The first kappa shape index (κ1) is 13.8. The quantitative estimate of drug-likeness (QED) is 0.644. The second-order valence-corrected chi connectivity index (χ2v) is 5.92. The van der Waals surface area contributed by atoms with Crippen molar-refractivity contribution in [2.24, 2.45) is 0 Å². The van der Waals surface area contributed by atoms with Crippen LogP contribution in [0.5, 0.6) is 0 Å². The first-order valence-electron chi connectivity index (χ1n) is 6.47. The van der Waals surface area contributed by atoms with E-state index in [4.69, 9.17) is 0 Å². The van der Waals surface area contributed by atoms with Gasteiger partial charge in [-0.15, -0.1) is 0 Å². The first-order chi connectivity index (χ1) is 7.62. The molecule has 0 aromatic carbocycles. The van der Waals surface area contributed by atoms with Crippen LogP contribution in [-0.2, 0) is 5.41 Å². The molecular weight excluding hydrogens is 262 g/mol. The zero-order chi connectivity index (χ0) is 12.0. The summed E-state index contributed by atoms with van der Waals surface area (Å²) < 4.78 is 1.17. The number of H-pyrrole nitrogens is 1. The van der Waals surface area contributed by atoms with E-state index in [9.17, 15) is 0 Å². The highest BCUT2D eigenvalue weighted by molar-refractivity contribution is 9.10. The summed E-state index contributed by atoms with van der Waals surface area (Å²) in [6, 6.07) is 2.24. The molecule has 0 aliphatic carbocycles. The molecule has 1 N–H and O–H groups in total. The summed E-state index contributed by atoms with van der Waals surface area (Å²) in [5.74, 6) is 0. The molecule has 0 amide bonds. The highest BCUT2D eigenvalue weighted by Gasteiger charge is 2.26. The van der Waals surface area contributed by atoms with Crippen molar-refractivity contribution in [2.45, 2.75) is 64.7 Å². The lowest BCUT2D eigenvalue weighted by Crippen LogP contribution is -2.22. The fourth-order valence-corrected chi connectivity index (χ4v) is 2.77. The van der Waals surface area contributed by atoms with E-state index in [2.05, 4.69) is 47.8 Å². The molecule has 0 fully saturated rings. The smallest absolute Gasteiger partial charge is 0.0352 e. The average Bonchev–Trinajstić information content (AvgIpc) is 2.66. The SMILES string of the molecule is CCCCCC(C)(CCC)c1cc(Br)c[nH]1. The van der Waals surface area contributed by atoms with Gasteiger partial charge in [0.05, 0.1) is 0 Å². The van der Waals surface area contributed by atoms with Gasteiger partial charge in [0.1, 0.15) is 0 Å². The Morgan fingerprint density at radius 1 is 1.19 bits per heavy atom. The number of aromatic amines is 1. The molecule has 0 saturated carbocycles. The van der Waals surface area contributed by atoms with Crippen LogP contribution in [-0.4, -0.2) is 4.98 Å². The summed E-state index contributed by atoms with van der Waals surface area (Å²) in [7, 11) is 0. The molecule has 2 heteroatoms. The van der Waals surface area contributed by atoms with E-state index in [-0.39, 0.29) is 0 Å². The third-order valence-corrected chi connectivity index (χ3v) is 3.89. The Morgan fingerprint density at radius 3 is 2.44 bits per heavy atom. The fraction of sp³-hybridized carbons (Fsp3) is 0.714. The molecular formula is C14H24BrN. The number of unbranched alkanes of at least 4 members (excludes halogenated alkanes) is 2. The molecule has 1 aromatic heterocycles. The number of nitrogens with one attached hydrogen (secondary N) is 1. The van der Waals surface area contributed by atoms with Crippen LogP contribution in [0.3, 0.4) is 0 Å². The zero-order valence-corrected chi connectivity index (χ0v) is 12.4. The molecule has 1 atom stereocenters. The molecule has 16 heavy (non-hydrogen) atoms. The minimum atomic E-state index is 0.329. The van der Waals surface area contributed by atoms with E-state index < -0.39 is 0 Å². The van der Waals surface area contributed by atoms with Gasteiger partial charge in [-0.3, -0.25) is 0 Å². The Labute approximate surface area is 108 Å². The Balaban J connectivity index is 2.71. The highest BCUT2D eigenvalue weighted by atomic mass is 79.9. The molecule has 0 saturated heterocycles. The lowest BCUT2D eigenvalue weighted by Gasteiger charge is -2.28. The van der Waals surface area contributed by atoms with Crippen LogP contribution in [0.15, 0.2) is 16.7 Å². The van der Waals surface area contributed by atoms with Crippen molar-refractivity contribution in [3.8, 4) is 0 Å². The van der Waals surface area contributed by atoms with Gasteiger partial charge in [-0.05, 0) is 34.8 Å². The largest absolute Gasteiger partial charge is 0.363 e. The van der Waals surface area contributed by atoms with E-state index in [0.29, 0.717) is 5.41 Å². The first-order valence-corrected chi connectivity index (χ1v) is 7.26. The van der Waals surface area contributed by atoms with Crippen molar-refractivity contribution in [3.05, 3.63) is 22.4 Å². The molecule has 0 spiro atoms. The van der Waals surface area contributed by atoms with Crippen molar-refractivity contribution in [3.63, 3.8) is 0 Å². The molecule has 0 radical (unpaired) electrons. The van der Waals surface area contributed by atoms with Crippen LogP contribution in [0.1, 0.15) is 65.0 Å². The topological polar surface area (TPSA) is 15.8 Å². The second-order valence-electron chi connectivity index (χ2n) is 5.00. The van der Waals surface area contributed by atoms with Crippen molar-refractivity contribution < 1.29 is 0 Å². The van der Waals surface area contributed by atoms with Gasteiger partial charge in [0, 0.05) is 21.8 Å². The summed E-state index contributed by atoms with van der Waals surface area (Å²) >= 11 is 3.53. The predicted octanol–water partition coefficient (Wildman–Crippen LogP) is 5.42. The van der Waals surface area contributed by atoms with Gasteiger partial charge < -0.3 is 4.98 Å². The summed E-state index contributed by atoms with van der Waals surface area (Å²) in [5.41, 5.74) is 1.72. The third-order valence-electron chi connectivity index (χ3n) is 3.43. The Morgan fingerprint density at radius 2 is 1.94 bits per heavy atom. The van der Waals surface area contributed by atoms with Crippen LogP contribution in [0.2, 0.25) is 0 Å². The number of hydrogen-bond acceptors (Lipinski definition) is 0. The monoisotopic (exact) mass is 285 g/mol. The van der Waals surface area contributed by atoms with Crippen molar-refractivity contribution >= 4 is 15.9 Å². The minimum absolute atomic E-state index is 0.329. The van der Waals surface area contributed by atoms with E-state index in [0.717, 1.165) is 0 Å². The Kier molecular flexibility index (Phi) is 5.60. The van der Waals surface area contributed by atoms with E-state index in [1.54, 1.807) is 0 Å². The van der Waals surface area contributed by atoms with Crippen molar-refractivity contribution in [2.75, 3.05) is 0 Å². The molecule has 1 aromatic rings. The summed E-state index contributed by atoms with van der Waals surface area (Å²) in [4.78, 5) is 3.41.